The third-order valence-electron chi connectivity index (χ3n) is 2.79. The quantitative estimate of drug-likeness (QED) is 0.485. The molecule has 0 aliphatic heterocycles. The van der Waals surface area contributed by atoms with E-state index in [1.807, 2.05) is 30.3 Å². The van der Waals surface area contributed by atoms with Gasteiger partial charge in [0.2, 0.25) is 5.91 Å². The van der Waals surface area contributed by atoms with Crippen LogP contribution in [-0.4, -0.2) is 29.6 Å². The number of aliphatic carboxylic acids is 1. The number of benzene rings is 1. The number of nitrogens with two attached hydrogens (primary N) is 1. The summed E-state index contributed by atoms with van der Waals surface area (Å²) in [5.41, 5.74) is 5.83. The number of amides is 2. The summed E-state index contributed by atoms with van der Waals surface area (Å²) >= 11 is 0. The van der Waals surface area contributed by atoms with Crippen LogP contribution in [0.5, 0.6) is 0 Å². The molecule has 114 valence electrons. The van der Waals surface area contributed by atoms with Crippen molar-refractivity contribution in [2.75, 3.05) is 6.54 Å². The van der Waals surface area contributed by atoms with Gasteiger partial charge in [-0.1, -0.05) is 30.3 Å². The zero-order valence-electron chi connectivity index (χ0n) is 11.5. The first-order valence-electron chi connectivity index (χ1n) is 6.47. The van der Waals surface area contributed by atoms with Crippen molar-refractivity contribution in [3.8, 4) is 0 Å². The number of ether oxygens (including phenoxy) is 1. The number of alkyl carbamates (subject to hydrolysis) is 1. The Morgan fingerprint density at radius 2 is 1.90 bits per heavy atom. The molecule has 0 aliphatic carbocycles. The van der Waals surface area contributed by atoms with Gasteiger partial charge in [0.1, 0.15) is 12.5 Å². The fourth-order valence-corrected chi connectivity index (χ4v) is 1.66. The lowest BCUT2D eigenvalue weighted by atomic mass is 10.0. The highest BCUT2D eigenvalue weighted by molar-refractivity contribution is 5.95. The second-order valence-corrected chi connectivity index (χ2v) is 4.42. The number of rotatable bonds is 8. The summed E-state index contributed by atoms with van der Waals surface area (Å²) in [4.78, 5) is 33.0. The SMILES string of the molecule is NC(=O)C(CCCNC(=O)OCc1ccccc1)C(=O)O. The summed E-state index contributed by atoms with van der Waals surface area (Å²) in [5, 5.41) is 11.2. The van der Waals surface area contributed by atoms with Crippen LogP contribution in [0, 0.1) is 5.92 Å². The molecule has 1 aromatic carbocycles. The average molecular weight is 294 g/mol. The van der Waals surface area contributed by atoms with Gasteiger partial charge in [0.15, 0.2) is 0 Å². The molecule has 1 atom stereocenters. The topological polar surface area (TPSA) is 119 Å². The van der Waals surface area contributed by atoms with Gasteiger partial charge < -0.3 is 20.9 Å². The maximum absolute atomic E-state index is 11.4. The Morgan fingerprint density at radius 3 is 2.48 bits per heavy atom. The van der Waals surface area contributed by atoms with Gasteiger partial charge in [-0.25, -0.2) is 4.79 Å². The number of carboxylic acids is 1. The molecule has 4 N–H and O–H groups in total. The number of nitrogens with one attached hydrogen (secondary N) is 1. The summed E-state index contributed by atoms with van der Waals surface area (Å²) in [6.07, 6.45) is -0.200. The molecule has 0 saturated heterocycles. The van der Waals surface area contributed by atoms with Crippen LogP contribution >= 0.6 is 0 Å². The van der Waals surface area contributed by atoms with Crippen molar-refractivity contribution in [3.63, 3.8) is 0 Å². The molecule has 21 heavy (non-hydrogen) atoms. The monoisotopic (exact) mass is 294 g/mol. The summed E-state index contributed by atoms with van der Waals surface area (Å²) in [7, 11) is 0. The van der Waals surface area contributed by atoms with E-state index in [1.165, 1.54) is 0 Å². The third-order valence-corrected chi connectivity index (χ3v) is 2.79. The van der Waals surface area contributed by atoms with Gasteiger partial charge in [0, 0.05) is 6.54 Å². The number of primary amides is 1. The first-order valence-corrected chi connectivity index (χ1v) is 6.47. The van der Waals surface area contributed by atoms with Gasteiger partial charge in [-0.05, 0) is 18.4 Å². The maximum atomic E-state index is 11.4. The summed E-state index contributed by atoms with van der Waals surface area (Å²) in [6.45, 7) is 0.371. The largest absolute Gasteiger partial charge is 0.481 e. The van der Waals surface area contributed by atoms with E-state index in [0.717, 1.165) is 5.56 Å². The Balaban J connectivity index is 2.19. The number of carbonyl (C=O) groups is 3. The van der Waals surface area contributed by atoms with Gasteiger partial charge in [-0.3, -0.25) is 9.59 Å². The van der Waals surface area contributed by atoms with Crippen LogP contribution in [0.1, 0.15) is 18.4 Å². The Labute approximate surface area is 122 Å². The lowest BCUT2D eigenvalue weighted by Gasteiger charge is -2.09. The van der Waals surface area contributed by atoms with Crippen LogP contribution < -0.4 is 11.1 Å². The van der Waals surface area contributed by atoms with Crippen LogP contribution in [0.3, 0.4) is 0 Å². The molecule has 0 spiro atoms. The molecule has 0 aromatic heterocycles. The van der Waals surface area contributed by atoms with E-state index >= 15 is 0 Å². The number of hydrogen-bond acceptors (Lipinski definition) is 4. The van der Waals surface area contributed by atoms with E-state index in [0.29, 0.717) is 6.42 Å². The molecule has 0 saturated carbocycles. The van der Waals surface area contributed by atoms with Crippen molar-refractivity contribution < 1.29 is 24.2 Å². The second kappa shape index (κ2) is 8.57. The van der Waals surface area contributed by atoms with Crippen LogP contribution in [0.2, 0.25) is 0 Å². The van der Waals surface area contributed by atoms with E-state index in [4.69, 9.17) is 15.6 Å². The fourth-order valence-electron chi connectivity index (χ4n) is 1.66. The first-order chi connectivity index (χ1) is 10.0. The third kappa shape index (κ3) is 6.42. The molecule has 1 rings (SSSR count). The molecule has 0 aliphatic rings. The molecule has 7 heteroatoms. The summed E-state index contributed by atoms with van der Waals surface area (Å²) in [5.74, 6) is -3.37. The second-order valence-electron chi connectivity index (χ2n) is 4.42. The maximum Gasteiger partial charge on any atom is 0.407 e. The normalized spacial score (nSPS) is 11.4. The molecule has 0 bridgehead atoms. The van der Waals surface area contributed by atoms with E-state index in [2.05, 4.69) is 5.32 Å². The Bertz CT molecular complexity index is 475. The van der Waals surface area contributed by atoms with Gasteiger partial charge >= 0.3 is 12.1 Å². The van der Waals surface area contributed by atoms with E-state index in [1.54, 1.807) is 0 Å². The molecule has 0 heterocycles. The van der Waals surface area contributed by atoms with Crippen molar-refractivity contribution in [1.29, 1.82) is 0 Å². The highest BCUT2D eigenvalue weighted by Crippen LogP contribution is 2.05. The zero-order chi connectivity index (χ0) is 15.7. The molecule has 0 radical (unpaired) electrons. The van der Waals surface area contributed by atoms with E-state index in [-0.39, 0.29) is 19.6 Å². The molecular weight excluding hydrogens is 276 g/mol. The standard InChI is InChI=1S/C14H18N2O5/c15-12(17)11(13(18)19)7-4-8-16-14(20)21-9-10-5-2-1-3-6-10/h1-3,5-6,11H,4,7-9H2,(H2,15,17)(H,16,20)(H,18,19). The predicted octanol–water partition coefficient (Wildman–Crippen LogP) is 0.879. The molecule has 2 amide bonds. The molecule has 0 fully saturated rings. The highest BCUT2D eigenvalue weighted by atomic mass is 16.5. The minimum Gasteiger partial charge on any atom is -0.481 e. The van der Waals surface area contributed by atoms with Crippen LogP contribution in [-0.2, 0) is 20.9 Å². The van der Waals surface area contributed by atoms with Crippen LogP contribution in [0.4, 0.5) is 4.79 Å². The Hall–Kier alpha value is -2.57. The number of carboxylic acid groups (broad SMARTS) is 1. The zero-order valence-corrected chi connectivity index (χ0v) is 11.5. The van der Waals surface area contributed by atoms with Gasteiger partial charge in [0.25, 0.3) is 0 Å². The Morgan fingerprint density at radius 1 is 1.24 bits per heavy atom. The number of carbonyl (C=O) groups excluding carboxylic acids is 2. The summed E-state index contributed by atoms with van der Waals surface area (Å²) < 4.78 is 4.97. The van der Waals surface area contributed by atoms with E-state index < -0.39 is 23.9 Å². The first kappa shape index (κ1) is 16.5. The van der Waals surface area contributed by atoms with Crippen molar-refractivity contribution in [3.05, 3.63) is 35.9 Å². The van der Waals surface area contributed by atoms with Gasteiger partial charge in [-0.2, -0.15) is 0 Å². The average Bonchev–Trinajstić information content (AvgIpc) is 2.45. The molecule has 1 unspecified atom stereocenters. The summed E-state index contributed by atoms with van der Waals surface area (Å²) in [6, 6.07) is 9.20. The van der Waals surface area contributed by atoms with Gasteiger partial charge in [-0.15, -0.1) is 0 Å². The van der Waals surface area contributed by atoms with Crippen molar-refractivity contribution in [1.82, 2.24) is 5.32 Å². The smallest absolute Gasteiger partial charge is 0.407 e. The van der Waals surface area contributed by atoms with Crippen LogP contribution in [0.15, 0.2) is 30.3 Å². The fraction of sp³-hybridized carbons (Fsp3) is 0.357. The van der Waals surface area contributed by atoms with Crippen molar-refractivity contribution in [2.45, 2.75) is 19.4 Å². The van der Waals surface area contributed by atoms with Gasteiger partial charge in [0.05, 0.1) is 0 Å². The Kier molecular flexibility index (Phi) is 6.73. The lowest BCUT2D eigenvalue weighted by Crippen LogP contribution is -2.31. The minimum atomic E-state index is -1.26. The molecular formula is C14H18N2O5. The van der Waals surface area contributed by atoms with E-state index in [9.17, 15) is 14.4 Å². The predicted molar refractivity (Wildman–Crippen MR) is 74.2 cm³/mol. The lowest BCUT2D eigenvalue weighted by molar-refractivity contribution is -0.146. The van der Waals surface area contributed by atoms with Crippen LogP contribution in [0.25, 0.3) is 0 Å². The molecule has 7 nitrogen and oxygen atoms in total. The molecule has 1 aromatic rings. The number of hydrogen-bond donors (Lipinski definition) is 3. The minimum absolute atomic E-state index is 0.0730. The highest BCUT2D eigenvalue weighted by Gasteiger charge is 2.22. The van der Waals surface area contributed by atoms with Crippen molar-refractivity contribution >= 4 is 18.0 Å². The van der Waals surface area contributed by atoms with Crippen molar-refractivity contribution in [2.24, 2.45) is 11.7 Å².